The number of piperazine rings is 1. The molecule has 2 aromatic rings. The van der Waals surface area contributed by atoms with Crippen molar-refractivity contribution in [2.75, 3.05) is 19.6 Å². The minimum Gasteiger partial charge on any atom is -0.435 e. The zero-order valence-corrected chi connectivity index (χ0v) is 18.4. The number of ether oxygens (including phenoxy) is 1. The van der Waals surface area contributed by atoms with Crippen LogP contribution in [0.2, 0.25) is 0 Å². The molecule has 2 aliphatic rings. The Bertz CT molecular complexity index is 941. The van der Waals surface area contributed by atoms with Gasteiger partial charge in [0.25, 0.3) is 0 Å². The molecular weight excluding hydrogens is 440 g/mol. The van der Waals surface area contributed by atoms with Gasteiger partial charge in [0.2, 0.25) is 11.8 Å². The van der Waals surface area contributed by atoms with Gasteiger partial charge in [-0.3, -0.25) is 14.5 Å². The molecule has 1 aromatic heterocycles. The molecule has 1 aromatic carbocycles. The topological polar surface area (TPSA) is 73.3 Å². The van der Waals surface area contributed by atoms with E-state index < -0.39 is 25.0 Å². The number of hydrogen-bond acceptors (Lipinski definition) is 6. The predicted molar refractivity (Wildman–Crippen MR) is 114 cm³/mol. The molecule has 1 N–H and O–H groups in total. The van der Waals surface area contributed by atoms with Crippen LogP contribution in [0.15, 0.2) is 41.8 Å². The van der Waals surface area contributed by atoms with Gasteiger partial charge in [-0.15, -0.1) is 11.3 Å². The van der Waals surface area contributed by atoms with Crippen LogP contribution < -0.4 is 4.74 Å². The Kier molecular flexibility index (Phi) is 6.73. The molecule has 2 saturated heterocycles. The highest BCUT2D eigenvalue weighted by atomic mass is 32.1. The number of aliphatic hydroxyl groups excluding tert-OH is 1. The van der Waals surface area contributed by atoms with E-state index >= 15 is 0 Å². The van der Waals surface area contributed by atoms with Gasteiger partial charge in [0, 0.05) is 24.4 Å². The highest BCUT2D eigenvalue weighted by Crippen LogP contribution is 2.32. The molecule has 2 fully saturated rings. The van der Waals surface area contributed by atoms with Crippen molar-refractivity contribution in [3.8, 4) is 5.75 Å². The van der Waals surface area contributed by atoms with Crippen LogP contribution in [-0.2, 0) is 16.0 Å². The number of amides is 2. The SMILES string of the molecule is CC1C(=O)N(CCc2cccs2)CC2N(C(O)c3ccc(OC(F)F)cc3)CCC(=O)N12. The fourth-order valence-electron chi connectivity index (χ4n) is 4.37. The van der Waals surface area contributed by atoms with E-state index in [2.05, 4.69) is 4.74 Å². The Morgan fingerprint density at radius 3 is 2.62 bits per heavy atom. The number of alkyl halides is 2. The molecule has 0 aliphatic carbocycles. The number of rotatable bonds is 7. The number of halogens is 2. The van der Waals surface area contributed by atoms with E-state index in [0.29, 0.717) is 25.2 Å². The second kappa shape index (κ2) is 9.51. The smallest absolute Gasteiger partial charge is 0.387 e. The first kappa shape index (κ1) is 22.6. The largest absolute Gasteiger partial charge is 0.435 e. The molecule has 3 heterocycles. The number of benzene rings is 1. The second-order valence-electron chi connectivity index (χ2n) is 7.88. The summed E-state index contributed by atoms with van der Waals surface area (Å²) in [7, 11) is 0. The Morgan fingerprint density at radius 2 is 1.97 bits per heavy atom. The van der Waals surface area contributed by atoms with Gasteiger partial charge in [0.15, 0.2) is 0 Å². The standard InChI is InChI=1S/C22H25F2N3O4S/c1-14-20(29)25(10-8-17-3-2-12-32-17)13-18-26(11-9-19(28)27(14)18)21(30)15-4-6-16(7-5-15)31-22(23)24/h2-7,12,14,18,21-22,30H,8-11,13H2,1H3. The van der Waals surface area contributed by atoms with Crippen molar-refractivity contribution in [1.29, 1.82) is 0 Å². The maximum absolute atomic E-state index is 12.9. The monoisotopic (exact) mass is 465 g/mol. The van der Waals surface area contributed by atoms with Crippen LogP contribution in [0.5, 0.6) is 5.75 Å². The van der Waals surface area contributed by atoms with Crippen molar-refractivity contribution in [2.24, 2.45) is 0 Å². The molecule has 0 bridgehead atoms. The summed E-state index contributed by atoms with van der Waals surface area (Å²) in [6.07, 6.45) is -0.618. The lowest BCUT2D eigenvalue weighted by molar-refractivity contribution is -0.181. The molecule has 0 radical (unpaired) electrons. The minimum atomic E-state index is -2.92. The number of thiophene rings is 1. The number of carbonyl (C=O) groups is 2. The summed E-state index contributed by atoms with van der Waals surface area (Å²) in [4.78, 5) is 31.9. The van der Waals surface area contributed by atoms with Crippen molar-refractivity contribution in [3.63, 3.8) is 0 Å². The van der Waals surface area contributed by atoms with Gasteiger partial charge in [0.1, 0.15) is 24.2 Å². The second-order valence-corrected chi connectivity index (χ2v) is 8.91. The summed E-state index contributed by atoms with van der Waals surface area (Å²) in [6, 6.07) is 9.16. The zero-order valence-electron chi connectivity index (χ0n) is 17.6. The third kappa shape index (κ3) is 4.62. The highest BCUT2D eigenvalue weighted by Gasteiger charge is 2.47. The number of aliphatic hydroxyl groups is 1. The average molecular weight is 466 g/mol. The van der Waals surface area contributed by atoms with Crippen LogP contribution in [0.3, 0.4) is 0 Å². The van der Waals surface area contributed by atoms with E-state index in [0.717, 1.165) is 6.42 Å². The first-order valence-corrected chi connectivity index (χ1v) is 11.3. The van der Waals surface area contributed by atoms with E-state index in [1.165, 1.54) is 29.1 Å². The van der Waals surface area contributed by atoms with Crippen molar-refractivity contribution < 1.29 is 28.2 Å². The van der Waals surface area contributed by atoms with Gasteiger partial charge in [-0.1, -0.05) is 18.2 Å². The molecule has 3 atom stereocenters. The lowest BCUT2D eigenvalue weighted by Crippen LogP contribution is -2.70. The number of fused-ring (bicyclic) bond motifs is 1. The van der Waals surface area contributed by atoms with Gasteiger partial charge in [-0.2, -0.15) is 8.78 Å². The molecule has 172 valence electrons. The predicted octanol–water partition coefficient (Wildman–Crippen LogP) is 2.67. The number of nitrogens with zero attached hydrogens (tertiary/aromatic N) is 3. The molecule has 2 amide bonds. The molecule has 7 nitrogen and oxygen atoms in total. The number of carbonyl (C=O) groups excluding carboxylic acids is 2. The lowest BCUT2D eigenvalue weighted by atomic mass is 10.0. The Balaban J connectivity index is 1.52. The normalized spacial score (nSPS) is 22.9. The van der Waals surface area contributed by atoms with Gasteiger partial charge in [0.05, 0.1) is 6.54 Å². The molecule has 0 saturated carbocycles. The van der Waals surface area contributed by atoms with Crippen LogP contribution in [0, 0.1) is 0 Å². The Morgan fingerprint density at radius 1 is 1.22 bits per heavy atom. The van der Waals surface area contributed by atoms with Crippen LogP contribution in [0.1, 0.15) is 30.0 Å². The van der Waals surface area contributed by atoms with Crippen molar-refractivity contribution in [3.05, 3.63) is 52.2 Å². The molecule has 3 unspecified atom stereocenters. The Hall–Kier alpha value is -2.56. The maximum atomic E-state index is 12.9. The first-order valence-electron chi connectivity index (χ1n) is 10.5. The van der Waals surface area contributed by atoms with Crippen LogP contribution >= 0.6 is 11.3 Å². The summed E-state index contributed by atoms with van der Waals surface area (Å²) >= 11 is 1.63. The lowest BCUT2D eigenvalue weighted by Gasteiger charge is -2.52. The van der Waals surface area contributed by atoms with Crippen molar-refractivity contribution in [2.45, 2.75) is 44.8 Å². The quantitative estimate of drug-likeness (QED) is 0.681. The molecule has 10 heteroatoms. The summed E-state index contributed by atoms with van der Waals surface area (Å²) in [5, 5.41) is 13.1. The van der Waals surface area contributed by atoms with Gasteiger partial charge < -0.3 is 19.6 Å². The third-order valence-corrected chi connectivity index (χ3v) is 6.91. The van der Waals surface area contributed by atoms with Gasteiger partial charge in [-0.25, -0.2) is 0 Å². The molecule has 4 rings (SSSR count). The summed E-state index contributed by atoms with van der Waals surface area (Å²) in [5.74, 6) is -0.211. The average Bonchev–Trinajstić information content (AvgIpc) is 3.28. The number of hydrogen-bond donors (Lipinski definition) is 1. The van der Waals surface area contributed by atoms with Gasteiger partial charge >= 0.3 is 6.61 Å². The van der Waals surface area contributed by atoms with Crippen molar-refractivity contribution >= 4 is 23.2 Å². The first-order chi connectivity index (χ1) is 15.3. The van der Waals surface area contributed by atoms with E-state index in [-0.39, 0.29) is 24.0 Å². The fourth-order valence-corrected chi connectivity index (χ4v) is 5.06. The third-order valence-electron chi connectivity index (χ3n) is 5.97. The molecule has 2 aliphatic heterocycles. The van der Waals surface area contributed by atoms with Crippen LogP contribution in [0.25, 0.3) is 0 Å². The van der Waals surface area contributed by atoms with E-state index in [4.69, 9.17) is 0 Å². The van der Waals surface area contributed by atoms with E-state index in [9.17, 15) is 23.5 Å². The zero-order chi connectivity index (χ0) is 22.8. The molecule has 0 spiro atoms. The van der Waals surface area contributed by atoms with E-state index in [1.807, 2.05) is 17.5 Å². The van der Waals surface area contributed by atoms with Crippen LogP contribution in [0.4, 0.5) is 8.78 Å². The van der Waals surface area contributed by atoms with Crippen LogP contribution in [-0.4, -0.2) is 70.1 Å². The molecule has 32 heavy (non-hydrogen) atoms. The van der Waals surface area contributed by atoms with E-state index in [1.54, 1.807) is 33.0 Å². The maximum Gasteiger partial charge on any atom is 0.387 e. The Labute approximate surface area is 188 Å². The summed E-state index contributed by atoms with van der Waals surface area (Å²) < 4.78 is 29.2. The highest BCUT2D eigenvalue weighted by molar-refractivity contribution is 7.09. The van der Waals surface area contributed by atoms with Gasteiger partial charge in [-0.05, 0) is 42.5 Å². The minimum absolute atomic E-state index is 0.00281. The molecular formula is C22H25F2N3O4S. The summed E-state index contributed by atoms with van der Waals surface area (Å²) in [6.45, 7) is -0.0446. The summed E-state index contributed by atoms with van der Waals surface area (Å²) in [5.41, 5.74) is 0.496. The van der Waals surface area contributed by atoms with Crippen molar-refractivity contribution in [1.82, 2.24) is 14.7 Å². The fraction of sp³-hybridized carbons (Fsp3) is 0.455.